The molecule has 0 bridgehead atoms. The van der Waals surface area contributed by atoms with Gasteiger partial charge in [-0.15, -0.1) is 0 Å². The van der Waals surface area contributed by atoms with Gasteiger partial charge in [-0.05, 0) is 56.6 Å². The number of anilines is 1. The van der Waals surface area contributed by atoms with Crippen LogP contribution in [0.1, 0.15) is 25.5 Å². The van der Waals surface area contributed by atoms with Crippen LogP contribution in [0.15, 0.2) is 41.3 Å². The fourth-order valence-corrected chi connectivity index (χ4v) is 4.49. The maximum Gasteiger partial charge on any atom is 0.261 e. The van der Waals surface area contributed by atoms with Crippen molar-refractivity contribution < 1.29 is 22.3 Å². The van der Waals surface area contributed by atoms with Crippen molar-refractivity contribution in [1.29, 1.82) is 0 Å². The first-order valence-corrected chi connectivity index (χ1v) is 11.6. The number of ether oxygens (including phenoxy) is 2. The first-order chi connectivity index (χ1) is 14.4. The van der Waals surface area contributed by atoms with E-state index in [9.17, 15) is 12.8 Å². The molecule has 1 aliphatic heterocycles. The van der Waals surface area contributed by atoms with E-state index < -0.39 is 16.7 Å². The number of rotatable bonds is 10. The summed E-state index contributed by atoms with van der Waals surface area (Å²) in [4.78, 5) is 6.86. The number of aromatic nitrogens is 1. The third kappa shape index (κ3) is 5.82. The van der Waals surface area contributed by atoms with Gasteiger partial charge in [0.2, 0.25) is 5.88 Å². The summed E-state index contributed by atoms with van der Waals surface area (Å²) in [6.07, 6.45) is 2.18. The van der Waals surface area contributed by atoms with Crippen molar-refractivity contribution in [1.82, 2.24) is 9.88 Å². The lowest BCUT2D eigenvalue weighted by molar-refractivity contribution is 0.193. The van der Waals surface area contributed by atoms with Gasteiger partial charge in [-0.1, -0.05) is 6.92 Å². The molecule has 1 unspecified atom stereocenters. The van der Waals surface area contributed by atoms with E-state index in [4.69, 9.17) is 9.47 Å². The van der Waals surface area contributed by atoms with Crippen LogP contribution in [-0.2, 0) is 10.0 Å². The molecule has 1 atom stereocenters. The smallest absolute Gasteiger partial charge is 0.261 e. The molecular formula is C21H28FN3O4S. The first kappa shape index (κ1) is 22.3. The van der Waals surface area contributed by atoms with Crippen LogP contribution < -0.4 is 14.2 Å². The number of aryl methyl sites for hydroxylation is 1. The van der Waals surface area contributed by atoms with E-state index in [1.807, 2.05) is 0 Å². The Kier molecular flexibility index (Phi) is 7.49. The quantitative estimate of drug-likeness (QED) is 0.614. The standard InChI is InChI=1S/C21H28FN3O4S/c1-3-12-25-13-10-18(15-25)29-21-9-8-20(16(2)23-21)24-30(26,27)19-6-4-17(5-7-19)28-14-11-22/h4-9,18,24H,3,10-15H2,1-2H3. The van der Waals surface area contributed by atoms with Gasteiger partial charge in [0.05, 0.1) is 16.3 Å². The van der Waals surface area contributed by atoms with Crippen LogP contribution in [0.25, 0.3) is 0 Å². The average Bonchev–Trinajstić information content (AvgIpc) is 3.16. The summed E-state index contributed by atoms with van der Waals surface area (Å²) >= 11 is 0. The number of likely N-dealkylation sites (tertiary alicyclic amines) is 1. The van der Waals surface area contributed by atoms with Crippen LogP contribution in [0.2, 0.25) is 0 Å². The van der Waals surface area contributed by atoms with E-state index in [-0.39, 0.29) is 17.6 Å². The first-order valence-electron chi connectivity index (χ1n) is 10.1. The molecule has 9 heteroatoms. The Morgan fingerprint density at radius 3 is 2.67 bits per heavy atom. The summed E-state index contributed by atoms with van der Waals surface area (Å²) in [7, 11) is -3.79. The van der Waals surface area contributed by atoms with Crippen LogP contribution in [-0.4, -0.2) is 57.3 Å². The maximum atomic E-state index is 12.7. The molecule has 2 heterocycles. The van der Waals surface area contributed by atoms with Crippen LogP contribution in [0, 0.1) is 6.92 Å². The predicted molar refractivity (Wildman–Crippen MR) is 113 cm³/mol. The van der Waals surface area contributed by atoms with Gasteiger partial charge < -0.3 is 9.47 Å². The number of alkyl halides is 1. The molecule has 1 aromatic carbocycles. The molecule has 7 nitrogen and oxygen atoms in total. The molecule has 3 rings (SSSR count). The van der Waals surface area contributed by atoms with Gasteiger partial charge >= 0.3 is 0 Å². The average molecular weight is 438 g/mol. The highest BCUT2D eigenvalue weighted by molar-refractivity contribution is 7.92. The number of hydrogen-bond acceptors (Lipinski definition) is 6. The third-order valence-electron chi connectivity index (χ3n) is 4.84. The van der Waals surface area contributed by atoms with E-state index in [0.29, 0.717) is 23.0 Å². The zero-order valence-corrected chi connectivity index (χ0v) is 18.1. The number of halogens is 1. The number of sulfonamides is 1. The topological polar surface area (TPSA) is 80.8 Å². The summed E-state index contributed by atoms with van der Waals surface area (Å²) in [5.74, 6) is 0.906. The van der Waals surface area contributed by atoms with Gasteiger partial charge in [-0.25, -0.2) is 17.8 Å². The van der Waals surface area contributed by atoms with Crippen molar-refractivity contribution in [3.05, 3.63) is 42.1 Å². The van der Waals surface area contributed by atoms with Gasteiger partial charge in [-0.2, -0.15) is 0 Å². The summed E-state index contributed by atoms with van der Waals surface area (Å²) in [6.45, 7) is 6.19. The molecule has 1 N–H and O–H groups in total. The summed E-state index contributed by atoms with van der Waals surface area (Å²) in [6, 6.07) is 9.16. The van der Waals surface area contributed by atoms with E-state index in [0.717, 1.165) is 32.5 Å². The summed E-state index contributed by atoms with van der Waals surface area (Å²) < 4.78 is 51.2. The Hall–Kier alpha value is -2.39. The SMILES string of the molecule is CCCN1CCC(Oc2ccc(NS(=O)(=O)c3ccc(OCCF)cc3)c(C)n2)C1. The second kappa shape index (κ2) is 10.1. The van der Waals surface area contributed by atoms with Gasteiger partial charge in [-0.3, -0.25) is 9.62 Å². The fraction of sp³-hybridized carbons (Fsp3) is 0.476. The number of nitrogens with one attached hydrogen (secondary N) is 1. The minimum absolute atomic E-state index is 0.0683. The molecular weight excluding hydrogens is 409 g/mol. The molecule has 0 saturated carbocycles. The number of nitrogens with zero attached hydrogens (tertiary/aromatic N) is 2. The van der Waals surface area contributed by atoms with Gasteiger partial charge in [0.25, 0.3) is 10.0 Å². The minimum Gasteiger partial charge on any atom is -0.491 e. The molecule has 0 spiro atoms. The fourth-order valence-electron chi connectivity index (χ4n) is 3.37. The van der Waals surface area contributed by atoms with Crippen LogP contribution in [0.3, 0.4) is 0 Å². The second-order valence-electron chi connectivity index (χ2n) is 7.23. The number of pyridine rings is 1. The van der Waals surface area contributed by atoms with Crippen LogP contribution in [0.4, 0.5) is 10.1 Å². The van der Waals surface area contributed by atoms with Gasteiger partial charge in [0.15, 0.2) is 0 Å². The van der Waals surface area contributed by atoms with Gasteiger partial charge in [0, 0.05) is 19.2 Å². The van der Waals surface area contributed by atoms with Crippen molar-refractivity contribution in [3.8, 4) is 11.6 Å². The van der Waals surface area contributed by atoms with E-state index in [2.05, 4.69) is 21.5 Å². The highest BCUT2D eigenvalue weighted by atomic mass is 32.2. The highest BCUT2D eigenvalue weighted by Crippen LogP contribution is 2.24. The Labute approximate surface area is 177 Å². The van der Waals surface area contributed by atoms with Crippen molar-refractivity contribution in [2.75, 3.05) is 37.6 Å². The van der Waals surface area contributed by atoms with Crippen LogP contribution >= 0.6 is 0 Å². The monoisotopic (exact) mass is 437 g/mol. The largest absolute Gasteiger partial charge is 0.491 e. The van der Waals surface area contributed by atoms with E-state index in [1.54, 1.807) is 19.1 Å². The van der Waals surface area contributed by atoms with Crippen molar-refractivity contribution in [2.24, 2.45) is 0 Å². The lowest BCUT2D eigenvalue weighted by Crippen LogP contribution is -2.25. The molecule has 1 aliphatic rings. The van der Waals surface area contributed by atoms with E-state index >= 15 is 0 Å². The van der Waals surface area contributed by atoms with Crippen molar-refractivity contribution >= 4 is 15.7 Å². The summed E-state index contributed by atoms with van der Waals surface area (Å²) in [5.41, 5.74) is 0.918. The minimum atomic E-state index is -3.79. The van der Waals surface area contributed by atoms with Crippen molar-refractivity contribution in [3.63, 3.8) is 0 Å². The maximum absolute atomic E-state index is 12.7. The Morgan fingerprint density at radius 2 is 2.00 bits per heavy atom. The highest BCUT2D eigenvalue weighted by Gasteiger charge is 2.24. The van der Waals surface area contributed by atoms with Crippen LogP contribution in [0.5, 0.6) is 11.6 Å². The molecule has 0 amide bonds. The third-order valence-corrected chi connectivity index (χ3v) is 6.22. The molecule has 164 valence electrons. The molecule has 0 aliphatic carbocycles. The summed E-state index contributed by atoms with van der Waals surface area (Å²) in [5, 5.41) is 0. The molecule has 1 aromatic heterocycles. The molecule has 1 fully saturated rings. The van der Waals surface area contributed by atoms with Gasteiger partial charge in [0.1, 0.15) is 25.1 Å². The Balaban J connectivity index is 1.63. The number of hydrogen-bond donors (Lipinski definition) is 1. The second-order valence-corrected chi connectivity index (χ2v) is 8.91. The molecule has 30 heavy (non-hydrogen) atoms. The molecule has 1 saturated heterocycles. The lowest BCUT2D eigenvalue weighted by atomic mass is 10.3. The van der Waals surface area contributed by atoms with Crippen molar-refractivity contribution in [2.45, 2.75) is 37.7 Å². The zero-order valence-electron chi connectivity index (χ0n) is 17.3. The zero-order chi connectivity index (χ0) is 21.6. The Morgan fingerprint density at radius 1 is 1.23 bits per heavy atom. The predicted octanol–water partition coefficient (Wildman–Crippen LogP) is 3.40. The number of benzene rings is 1. The normalized spacial score (nSPS) is 17.1. The lowest BCUT2D eigenvalue weighted by Gasteiger charge is -2.16. The van der Waals surface area contributed by atoms with E-state index in [1.165, 1.54) is 24.3 Å². The molecule has 0 radical (unpaired) electrons. The Bertz CT molecular complexity index is 938. The molecule has 2 aromatic rings.